The van der Waals surface area contributed by atoms with E-state index in [1.807, 2.05) is 20.8 Å². The summed E-state index contributed by atoms with van der Waals surface area (Å²) in [7, 11) is 0. The second kappa shape index (κ2) is 3.80. The summed E-state index contributed by atoms with van der Waals surface area (Å²) in [6, 6.07) is 0. The van der Waals surface area contributed by atoms with Crippen LogP contribution in [0.3, 0.4) is 0 Å². The van der Waals surface area contributed by atoms with Crippen molar-refractivity contribution in [2.45, 2.75) is 65.5 Å². The van der Waals surface area contributed by atoms with E-state index in [-0.39, 0.29) is 17.6 Å². The van der Waals surface area contributed by atoms with Crippen molar-refractivity contribution in [1.82, 2.24) is 0 Å². The molecule has 1 aliphatic rings. The zero-order chi connectivity index (χ0) is 11.0. The Bertz CT molecular complexity index is 201. The van der Waals surface area contributed by atoms with Gasteiger partial charge in [0.1, 0.15) is 5.60 Å². The average Bonchev–Trinajstić information content (AvgIpc) is 2.08. The van der Waals surface area contributed by atoms with Gasteiger partial charge < -0.3 is 4.74 Å². The van der Waals surface area contributed by atoms with E-state index in [0.29, 0.717) is 0 Å². The molecule has 0 bridgehead atoms. The Morgan fingerprint density at radius 3 is 2.21 bits per heavy atom. The van der Waals surface area contributed by atoms with Crippen molar-refractivity contribution in [2.24, 2.45) is 5.92 Å². The van der Waals surface area contributed by atoms with Crippen LogP contribution in [0, 0.1) is 5.92 Å². The molecule has 0 saturated carbocycles. The van der Waals surface area contributed by atoms with Gasteiger partial charge in [-0.05, 0) is 27.7 Å². The van der Waals surface area contributed by atoms with Gasteiger partial charge in [0.2, 0.25) is 5.79 Å². The first kappa shape index (κ1) is 12.0. The van der Waals surface area contributed by atoms with Crippen LogP contribution in [0.15, 0.2) is 0 Å². The third-order valence-corrected chi connectivity index (χ3v) is 2.70. The van der Waals surface area contributed by atoms with Crippen molar-refractivity contribution in [1.29, 1.82) is 0 Å². The molecule has 1 heterocycles. The number of hydrogen-bond acceptors (Lipinski definition) is 3. The van der Waals surface area contributed by atoms with E-state index in [2.05, 4.69) is 20.8 Å². The maximum absolute atomic E-state index is 5.85. The van der Waals surface area contributed by atoms with Crippen LogP contribution in [-0.2, 0) is 14.5 Å². The van der Waals surface area contributed by atoms with Gasteiger partial charge in [-0.2, -0.15) is 0 Å². The van der Waals surface area contributed by atoms with Gasteiger partial charge in [-0.25, -0.2) is 9.78 Å². The summed E-state index contributed by atoms with van der Waals surface area (Å²) >= 11 is 0. The summed E-state index contributed by atoms with van der Waals surface area (Å²) in [5.74, 6) is -0.369. The summed E-state index contributed by atoms with van der Waals surface area (Å²) in [6.45, 7) is 12.1. The highest BCUT2D eigenvalue weighted by molar-refractivity contribution is 4.77. The lowest BCUT2D eigenvalue weighted by atomic mass is 10.0. The van der Waals surface area contributed by atoms with Crippen LogP contribution in [0.4, 0.5) is 0 Å². The highest BCUT2D eigenvalue weighted by Gasteiger charge is 2.40. The second-order valence-electron chi connectivity index (χ2n) is 5.23. The highest BCUT2D eigenvalue weighted by Crippen LogP contribution is 2.33. The third kappa shape index (κ3) is 2.69. The topological polar surface area (TPSA) is 27.7 Å². The zero-order valence-corrected chi connectivity index (χ0v) is 10.1. The van der Waals surface area contributed by atoms with E-state index in [1.54, 1.807) is 0 Å². The minimum atomic E-state index is -0.632. The normalized spacial score (nSPS) is 38.4. The van der Waals surface area contributed by atoms with Crippen LogP contribution >= 0.6 is 0 Å². The Morgan fingerprint density at radius 2 is 1.71 bits per heavy atom. The molecule has 14 heavy (non-hydrogen) atoms. The Labute approximate surface area is 86.7 Å². The van der Waals surface area contributed by atoms with Crippen molar-refractivity contribution < 1.29 is 14.5 Å². The second-order valence-corrected chi connectivity index (χ2v) is 5.23. The van der Waals surface area contributed by atoms with E-state index in [9.17, 15) is 0 Å². The lowest BCUT2D eigenvalue weighted by Crippen LogP contribution is -2.39. The predicted molar refractivity (Wildman–Crippen MR) is 54.7 cm³/mol. The summed E-state index contributed by atoms with van der Waals surface area (Å²) in [5, 5.41) is 0. The van der Waals surface area contributed by atoms with Gasteiger partial charge in [-0.3, -0.25) is 0 Å². The van der Waals surface area contributed by atoms with Crippen molar-refractivity contribution in [3.8, 4) is 0 Å². The molecule has 0 N–H and O–H groups in total. The molecule has 0 aromatic rings. The van der Waals surface area contributed by atoms with Crippen molar-refractivity contribution in [3.05, 3.63) is 0 Å². The Hall–Kier alpha value is -0.120. The van der Waals surface area contributed by atoms with Crippen LogP contribution in [0.25, 0.3) is 0 Å². The zero-order valence-electron chi connectivity index (χ0n) is 10.1. The molecule has 1 rings (SSSR count). The molecule has 0 radical (unpaired) electrons. The average molecular weight is 202 g/mol. The van der Waals surface area contributed by atoms with E-state index < -0.39 is 5.79 Å². The number of rotatable bonds is 1. The van der Waals surface area contributed by atoms with Gasteiger partial charge in [-0.1, -0.05) is 13.8 Å². The molecule has 0 aromatic carbocycles. The van der Waals surface area contributed by atoms with Crippen LogP contribution in [0.2, 0.25) is 0 Å². The molecule has 0 aromatic heterocycles. The van der Waals surface area contributed by atoms with E-state index in [4.69, 9.17) is 14.5 Å². The fourth-order valence-corrected chi connectivity index (χ4v) is 1.61. The minimum Gasteiger partial charge on any atom is -0.344 e. The molecular weight excluding hydrogens is 180 g/mol. The standard InChI is InChI=1S/C11H22O3/c1-8(2)11(6)12-9(3)7-10(4,5)13-14-11/h8-9H,7H2,1-6H3. The Balaban J connectivity index is 2.76. The van der Waals surface area contributed by atoms with Gasteiger partial charge in [-0.15, -0.1) is 0 Å². The SMILES string of the molecule is CC1CC(C)(C)OOC(C)(C(C)C)O1. The first-order valence-electron chi connectivity index (χ1n) is 5.30. The first-order chi connectivity index (χ1) is 6.25. The van der Waals surface area contributed by atoms with Crippen molar-refractivity contribution in [3.63, 3.8) is 0 Å². The Morgan fingerprint density at radius 1 is 1.14 bits per heavy atom. The smallest absolute Gasteiger partial charge is 0.201 e. The van der Waals surface area contributed by atoms with E-state index in [0.717, 1.165) is 6.42 Å². The summed E-state index contributed by atoms with van der Waals surface area (Å²) < 4.78 is 5.85. The van der Waals surface area contributed by atoms with E-state index >= 15 is 0 Å². The van der Waals surface area contributed by atoms with Crippen LogP contribution in [0.1, 0.15) is 48.0 Å². The van der Waals surface area contributed by atoms with Crippen molar-refractivity contribution >= 4 is 0 Å². The molecule has 84 valence electrons. The number of ether oxygens (including phenoxy) is 1. The molecule has 1 fully saturated rings. The fraction of sp³-hybridized carbons (Fsp3) is 1.00. The lowest BCUT2D eigenvalue weighted by Gasteiger charge is -2.32. The van der Waals surface area contributed by atoms with Gasteiger partial charge in [0.25, 0.3) is 0 Å². The maximum atomic E-state index is 5.85. The van der Waals surface area contributed by atoms with Gasteiger partial charge in [0, 0.05) is 12.3 Å². The summed E-state index contributed by atoms with van der Waals surface area (Å²) in [6.07, 6.45) is 0.995. The molecule has 0 spiro atoms. The fourth-order valence-electron chi connectivity index (χ4n) is 1.61. The van der Waals surface area contributed by atoms with Crippen LogP contribution in [0.5, 0.6) is 0 Å². The molecule has 3 heteroatoms. The molecule has 1 saturated heterocycles. The van der Waals surface area contributed by atoms with Crippen LogP contribution < -0.4 is 0 Å². The highest BCUT2D eigenvalue weighted by atomic mass is 17.2. The Kier molecular flexibility index (Phi) is 3.24. The summed E-state index contributed by atoms with van der Waals surface area (Å²) in [4.78, 5) is 10.8. The lowest BCUT2D eigenvalue weighted by molar-refractivity contribution is -0.451. The van der Waals surface area contributed by atoms with E-state index in [1.165, 1.54) is 0 Å². The number of hydrogen-bond donors (Lipinski definition) is 0. The van der Waals surface area contributed by atoms with Crippen LogP contribution in [-0.4, -0.2) is 17.5 Å². The molecule has 2 atom stereocenters. The van der Waals surface area contributed by atoms with Gasteiger partial charge in [0.05, 0.1) is 6.10 Å². The molecule has 2 unspecified atom stereocenters. The maximum Gasteiger partial charge on any atom is 0.201 e. The molecule has 0 amide bonds. The third-order valence-electron chi connectivity index (χ3n) is 2.70. The van der Waals surface area contributed by atoms with Gasteiger partial charge in [0.15, 0.2) is 0 Å². The van der Waals surface area contributed by atoms with Crippen molar-refractivity contribution in [2.75, 3.05) is 0 Å². The monoisotopic (exact) mass is 202 g/mol. The molecule has 1 aliphatic heterocycles. The molecule has 0 aliphatic carbocycles. The molecular formula is C11H22O3. The largest absolute Gasteiger partial charge is 0.344 e. The molecule has 3 nitrogen and oxygen atoms in total. The minimum absolute atomic E-state index is 0.153. The quantitative estimate of drug-likeness (QED) is 0.612. The first-order valence-corrected chi connectivity index (χ1v) is 5.30. The predicted octanol–water partition coefficient (Wildman–Crippen LogP) is 2.89. The van der Waals surface area contributed by atoms with Gasteiger partial charge >= 0.3 is 0 Å². The summed E-state index contributed by atoms with van der Waals surface area (Å²) in [5.41, 5.74) is -0.272.